The monoisotopic (exact) mass is 222 g/mol. The third kappa shape index (κ3) is 1.62. The first kappa shape index (κ1) is 10.8. The average Bonchev–Trinajstić information content (AvgIpc) is 2.24. The van der Waals surface area contributed by atoms with E-state index in [4.69, 9.17) is 4.74 Å². The summed E-state index contributed by atoms with van der Waals surface area (Å²) in [6, 6.07) is 0. The quantitative estimate of drug-likeness (QED) is 0.731. The molecule has 2 nitrogen and oxygen atoms in total. The van der Waals surface area contributed by atoms with Crippen LogP contribution in [0.5, 0.6) is 0 Å². The minimum atomic E-state index is 0.0906. The van der Waals surface area contributed by atoms with Crippen molar-refractivity contribution in [3.63, 3.8) is 0 Å². The minimum absolute atomic E-state index is 0.0906. The molecule has 0 aromatic carbocycles. The molecule has 0 unspecified atom stereocenters. The highest BCUT2D eigenvalue weighted by molar-refractivity contribution is 5.85. The van der Waals surface area contributed by atoms with Crippen LogP contribution in [0, 0.1) is 23.2 Å². The Labute approximate surface area is 97.7 Å². The standard InChI is InChI=1S/C14H22O2/c1-16-3-2-13(15)14-7-10-4-11(8-14)6-12(5-10)9-14/h10-12H,2-9H2,1H3. The van der Waals surface area contributed by atoms with Crippen LogP contribution < -0.4 is 0 Å². The van der Waals surface area contributed by atoms with Gasteiger partial charge in [0.2, 0.25) is 0 Å². The normalized spacial score (nSPS) is 44.9. The first-order chi connectivity index (χ1) is 7.72. The van der Waals surface area contributed by atoms with Crippen LogP contribution >= 0.6 is 0 Å². The predicted octanol–water partition coefficient (Wildman–Crippen LogP) is 2.81. The van der Waals surface area contributed by atoms with Crippen LogP contribution in [0.3, 0.4) is 0 Å². The molecule has 90 valence electrons. The summed E-state index contributed by atoms with van der Waals surface area (Å²) in [7, 11) is 1.69. The molecule has 0 aromatic rings. The third-order valence-corrected chi connectivity index (χ3v) is 5.16. The van der Waals surface area contributed by atoms with E-state index >= 15 is 0 Å². The fraction of sp³-hybridized carbons (Fsp3) is 0.929. The van der Waals surface area contributed by atoms with Gasteiger partial charge in [0.15, 0.2) is 0 Å². The van der Waals surface area contributed by atoms with Crippen molar-refractivity contribution in [1.29, 1.82) is 0 Å². The van der Waals surface area contributed by atoms with Crippen molar-refractivity contribution in [2.24, 2.45) is 23.2 Å². The molecule has 4 aliphatic carbocycles. The zero-order valence-corrected chi connectivity index (χ0v) is 10.2. The maximum absolute atomic E-state index is 12.4. The van der Waals surface area contributed by atoms with Gasteiger partial charge in [-0.2, -0.15) is 0 Å². The largest absolute Gasteiger partial charge is 0.384 e. The molecule has 2 heteroatoms. The number of carbonyl (C=O) groups is 1. The second-order valence-corrected chi connectivity index (χ2v) is 6.36. The molecular formula is C14H22O2. The summed E-state index contributed by atoms with van der Waals surface area (Å²) in [4.78, 5) is 12.4. The first-order valence-electron chi connectivity index (χ1n) is 6.74. The lowest BCUT2D eigenvalue weighted by molar-refractivity contribution is -0.144. The second kappa shape index (κ2) is 3.83. The predicted molar refractivity (Wildman–Crippen MR) is 62.1 cm³/mol. The molecule has 4 rings (SSSR count). The van der Waals surface area contributed by atoms with Gasteiger partial charge in [0.25, 0.3) is 0 Å². The summed E-state index contributed by atoms with van der Waals surface area (Å²) in [5, 5.41) is 0. The number of carbonyl (C=O) groups excluding carboxylic acids is 1. The number of methoxy groups -OCH3 is 1. The summed E-state index contributed by atoms with van der Waals surface area (Å²) in [5.41, 5.74) is 0.0906. The van der Waals surface area contributed by atoms with Crippen molar-refractivity contribution >= 4 is 5.78 Å². The maximum Gasteiger partial charge on any atom is 0.141 e. The summed E-state index contributed by atoms with van der Waals surface area (Å²) in [5.74, 6) is 3.13. The van der Waals surface area contributed by atoms with Crippen molar-refractivity contribution < 1.29 is 9.53 Å². The topological polar surface area (TPSA) is 26.3 Å². The van der Waals surface area contributed by atoms with E-state index in [2.05, 4.69) is 0 Å². The maximum atomic E-state index is 12.4. The Morgan fingerprint density at radius 2 is 1.62 bits per heavy atom. The third-order valence-electron chi connectivity index (χ3n) is 5.16. The van der Waals surface area contributed by atoms with Crippen LogP contribution in [0.15, 0.2) is 0 Å². The van der Waals surface area contributed by atoms with Gasteiger partial charge in [-0.1, -0.05) is 0 Å². The zero-order chi connectivity index (χ0) is 11.2. The van der Waals surface area contributed by atoms with Crippen molar-refractivity contribution in [1.82, 2.24) is 0 Å². The Bertz CT molecular complexity index is 260. The Balaban J connectivity index is 1.75. The molecule has 0 aromatic heterocycles. The summed E-state index contributed by atoms with van der Waals surface area (Å²) in [6.45, 7) is 0.612. The van der Waals surface area contributed by atoms with E-state index in [1.54, 1.807) is 7.11 Å². The number of ether oxygens (including phenoxy) is 1. The molecule has 4 fully saturated rings. The van der Waals surface area contributed by atoms with Crippen molar-refractivity contribution in [2.45, 2.75) is 44.9 Å². The molecule has 0 aliphatic heterocycles. The van der Waals surface area contributed by atoms with E-state index in [0.29, 0.717) is 18.8 Å². The smallest absolute Gasteiger partial charge is 0.141 e. The van der Waals surface area contributed by atoms with E-state index in [1.165, 1.54) is 38.5 Å². The van der Waals surface area contributed by atoms with E-state index < -0.39 is 0 Å². The lowest BCUT2D eigenvalue weighted by Crippen LogP contribution is -2.50. The van der Waals surface area contributed by atoms with E-state index in [1.807, 2.05) is 0 Å². The number of ketones is 1. The molecule has 4 aliphatic rings. The van der Waals surface area contributed by atoms with Gasteiger partial charge < -0.3 is 4.74 Å². The Hall–Kier alpha value is -0.370. The lowest BCUT2D eigenvalue weighted by atomic mass is 9.48. The zero-order valence-electron chi connectivity index (χ0n) is 10.2. The Morgan fingerprint density at radius 1 is 1.12 bits per heavy atom. The van der Waals surface area contributed by atoms with Crippen LogP contribution in [-0.4, -0.2) is 19.5 Å². The molecule has 4 saturated carbocycles. The summed E-state index contributed by atoms with van der Waals surface area (Å²) >= 11 is 0. The summed E-state index contributed by atoms with van der Waals surface area (Å²) < 4.78 is 5.05. The van der Waals surface area contributed by atoms with Gasteiger partial charge in [-0.25, -0.2) is 0 Å². The molecule has 0 radical (unpaired) electrons. The van der Waals surface area contributed by atoms with Crippen LogP contribution in [-0.2, 0) is 9.53 Å². The molecule has 0 heterocycles. The minimum Gasteiger partial charge on any atom is -0.384 e. The van der Waals surface area contributed by atoms with E-state index in [-0.39, 0.29) is 5.41 Å². The number of rotatable bonds is 4. The highest BCUT2D eigenvalue weighted by atomic mass is 16.5. The highest BCUT2D eigenvalue weighted by Gasteiger charge is 2.53. The van der Waals surface area contributed by atoms with Gasteiger partial charge in [0.1, 0.15) is 5.78 Å². The van der Waals surface area contributed by atoms with Crippen molar-refractivity contribution in [3.8, 4) is 0 Å². The average molecular weight is 222 g/mol. The fourth-order valence-electron chi connectivity index (χ4n) is 4.91. The van der Waals surface area contributed by atoms with Crippen LogP contribution in [0.25, 0.3) is 0 Å². The number of hydrogen-bond acceptors (Lipinski definition) is 2. The molecule has 0 amide bonds. The van der Waals surface area contributed by atoms with Gasteiger partial charge in [-0.15, -0.1) is 0 Å². The van der Waals surface area contributed by atoms with Gasteiger partial charge in [-0.05, 0) is 56.3 Å². The molecule has 0 saturated heterocycles. The van der Waals surface area contributed by atoms with Gasteiger partial charge in [0.05, 0.1) is 6.61 Å². The molecular weight excluding hydrogens is 200 g/mol. The fourth-order valence-corrected chi connectivity index (χ4v) is 4.91. The second-order valence-electron chi connectivity index (χ2n) is 6.36. The highest BCUT2D eigenvalue weighted by Crippen LogP contribution is 2.60. The van der Waals surface area contributed by atoms with Crippen molar-refractivity contribution in [3.05, 3.63) is 0 Å². The molecule has 0 spiro atoms. The number of Topliss-reactive ketones (excluding diaryl/α,β-unsaturated/α-hetero) is 1. The lowest BCUT2D eigenvalue weighted by Gasteiger charge is -2.56. The first-order valence-corrected chi connectivity index (χ1v) is 6.74. The van der Waals surface area contributed by atoms with Gasteiger partial charge >= 0.3 is 0 Å². The molecule has 0 atom stereocenters. The molecule has 0 N–H and O–H groups in total. The van der Waals surface area contributed by atoms with E-state index in [0.717, 1.165) is 17.8 Å². The van der Waals surface area contributed by atoms with Crippen molar-refractivity contribution in [2.75, 3.05) is 13.7 Å². The SMILES string of the molecule is COCCC(=O)C12CC3CC(CC(C3)C1)C2. The van der Waals surface area contributed by atoms with Gasteiger partial charge in [-0.3, -0.25) is 4.79 Å². The number of hydrogen-bond donors (Lipinski definition) is 0. The molecule has 4 bridgehead atoms. The van der Waals surface area contributed by atoms with Crippen LogP contribution in [0.2, 0.25) is 0 Å². The van der Waals surface area contributed by atoms with Gasteiger partial charge in [0, 0.05) is 18.9 Å². The van der Waals surface area contributed by atoms with E-state index in [9.17, 15) is 4.79 Å². The van der Waals surface area contributed by atoms with Crippen LogP contribution in [0.4, 0.5) is 0 Å². The molecule has 16 heavy (non-hydrogen) atoms. The van der Waals surface area contributed by atoms with Crippen LogP contribution in [0.1, 0.15) is 44.9 Å². The Morgan fingerprint density at radius 3 is 2.06 bits per heavy atom. The Kier molecular flexibility index (Phi) is 2.58. The summed E-state index contributed by atoms with van der Waals surface area (Å²) in [6.07, 6.45) is 8.47.